The van der Waals surface area contributed by atoms with Crippen LogP contribution < -0.4 is 10.6 Å². The number of piperidine rings is 1. The first-order valence-electron chi connectivity index (χ1n) is 7.74. The van der Waals surface area contributed by atoms with Gasteiger partial charge in [-0.25, -0.2) is 9.29 Å². The second-order valence-electron chi connectivity index (χ2n) is 6.25. The van der Waals surface area contributed by atoms with Gasteiger partial charge in [0.2, 0.25) is 11.8 Å². The Hall–Kier alpha value is -2.20. The maximum absolute atomic E-state index is 14.3. The third-order valence-electron chi connectivity index (χ3n) is 4.43. The van der Waals surface area contributed by atoms with E-state index in [4.69, 9.17) is 22.4 Å². The molecule has 0 radical (unpaired) electrons. The number of amides is 2. The Labute approximate surface area is 155 Å². The highest BCUT2D eigenvalue weighted by molar-refractivity contribution is 6.31. The predicted molar refractivity (Wildman–Crippen MR) is 86.7 cm³/mol. The number of rotatable bonds is 4. The average Bonchev–Trinajstić information content (AvgIpc) is 2.53. The largest absolute Gasteiger partial charge is 0.480 e. The topological polar surface area (TPSA) is 101 Å². The Balaban J connectivity index is 2.44. The van der Waals surface area contributed by atoms with Crippen molar-refractivity contribution < 1.29 is 37.1 Å². The third-order valence-corrected chi connectivity index (χ3v) is 4.75. The van der Waals surface area contributed by atoms with Crippen LogP contribution in [0.3, 0.4) is 0 Å². The molecule has 2 rings (SSSR count). The lowest BCUT2D eigenvalue weighted by Crippen LogP contribution is -2.47. The second-order valence-corrected chi connectivity index (χ2v) is 6.65. The molecule has 148 valence electrons. The summed E-state index contributed by atoms with van der Waals surface area (Å²) >= 11 is 5.91. The number of benzene rings is 1. The normalized spacial score (nSPS) is 18.6. The first-order chi connectivity index (χ1) is 12.3. The second kappa shape index (κ2) is 7.43. The summed E-state index contributed by atoms with van der Waals surface area (Å²) in [6.07, 6.45) is -6.74. The van der Waals surface area contributed by atoms with E-state index < -0.39 is 66.2 Å². The summed E-state index contributed by atoms with van der Waals surface area (Å²) in [4.78, 5) is 35.6. The molecule has 0 saturated carbocycles. The zero-order valence-corrected chi connectivity index (χ0v) is 14.6. The van der Waals surface area contributed by atoms with E-state index in [1.165, 1.54) is 6.92 Å². The molecule has 6 nitrogen and oxygen atoms in total. The van der Waals surface area contributed by atoms with Crippen LogP contribution in [0.15, 0.2) is 12.1 Å². The zero-order chi connectivity index (χ0) is 20.7. The van der Waals surface area contributed by atoms with Crippen LogP contribution in [0.25, 0.3) is 0 Å². The molecule has 1 saturated heterocycles. The Morgan fingerprint density at radius 2 is 1.81 bits per heavy atom. The van der Waals surface area contributed by atoms with Gasteiger partial charge in [-0.2, -0.15) is 13.2 Å². The van der Waals surface area contributed by atoms with Crippen LogP contribution in [0.2, 0.25) is 5.02 Å². The van der Waals surface area contributed by atoms with Crippen LogP contribution in [-0.4, -0.2) is 35.1 Å². The molecule has 3 N–H and O–H groups in total. The fourth-order valence-electron chi connectivity index (χ4n) is 2.80. The van der Waals surface area contributed by atoms with E-state index in [-0.39, 0.29) is 10.6 Å². The number of carbonyl (C=O) groups excluding carboxylic acids is 2. The van der Waals surface area contributed by atoms with Crippen molar-refractivity contribution in [1.29, 1.82) is 0 Å². The quantitative estimate of drug-likeness (QED) is 0.587. The smallest absolute Gasteiger partial charge is 0.392 e. The van der Waals surface area contributed by atoms with Gasteiger partial charge < -0.3 is 10.8 Å². The molecule has 0 bridgehead atoms. The predicted octanol–water partition coefficient (Wildman–Crippen LogP) is 2.83. The number of carboxylic acid groups (broad SMARTS) is 1. The third kappa shape index (κ3) is 4.22. The molecule has 1 aliphatic rings. The van der Waals surface area contributed by atoms with Crippen molar-refractivity contribution in [1.82, 2.24) is 0 Å². The molecule has 2 amide bonds. The van der Waals surface area contributed by atoms with E-state index in [9.17, 15) is 31.9 Å². The van der Waals surface area contributed by atoms with Gasteiger partial charge in [0, 0.05) is 23.8 Å². The molecule has 0 spiro atoms. The molecule has 1 heterocycles. The van der Waals surface area contributed by atoms with Crippen LogP contribution in [0.5, 0.6) is 0 Å². The van der Waals surface area contributed by atoms with Gasteiger partial charge in [0.1, 0.15) is 11.9 Å². The van der Waals surface area contributed by atoms with Crippen molar-refractivity contribution >= 4 is 35.1 Å². The van der Waals surface area contributed by atoms with Crippen molar-refractivity contribution in [3.63, 3.8) is 0 Å². The maximum atomic E-state index is 14.3. The number of imide groups is 1. The fraction of sp³-hybridized carbons (Fsp3) is 0.438. The van der Waals surface area contributed by atoms with Crippen molar-refractivity contribution in [3.05, 3.63) is 28.5 Å². The van der Waals surface area contributed by atoms with Gasteiger partial charge in [-0.05, 0) is 17.7 Å². The van der Waals surface area contributed by atoms with Gasteiger partial charge in [0.05, 0.1) is 11.6 Å². The number of carboxylic acids is 1. The summed E-state index contributed by atoms with van der Waals surface area (Å²) in [6, 6.07) is 0.311. The molecule has 2 atom stereocenters. The molecule has 2 unspecified atom stereocenters. The molecule has 11 heteroatoms. The lowest BCUT2D eigenvalue weighted by molar-refractivity contribution is -0.185. The van der Waals surface area contributed by atoms with E-state index in [0.717, 1.165) is 12.1 Å². The number of hydrogen-bond donors (Lipinski definition) is 2. The number of alkyl halides is 3. The van der Waals surface area contributed by atoms with Gasteiger partial charge in [-0.1, -0.05) is 18.5 Å². The number of nitrogens with two attached hydrogens (primary N) is 1. The van der Waals surface area contributed by atoms with E-state index in [1.807, 2.05) is 0 Å². The van der Waals surface area contributed by atoms with Crippen LogP contribution in [-0.2, 0) is 14.4 Å². The van der Waals surface area contributed by atoms with Gasteiger partial charge in [-0.3, -0.25) is 14.4 Å². The van der Waals surface area contributed by atoms with Gasteiger partial charge in [-0.15, -0.1) is 0 Å². The van der Waals surface area contributed by atoms with Crippen molar-refractivity contribution in [2.75, 3.05) is 4.90 Å². The SMILES string of the molecule is CC(c1cc(N2C(=O)CC(C(F)(F)F)CC2=O)c(F)cc1Cl)C(N)C(=O)O. The van der Waals surface area contributed by atoms with Crippen LogP contribution >= 0.6 is 11.6 Å². The molecular weight excluding hydrogens is 396 g/mol. The lowest BCUT2D eigenvalue weighted by Gasteiger charge is -2.31. The van der Waals surface area contributed by atoms with Crippen LogP contribution in [0.1, 0.15) is 31.2 Å². The Bertz CT molecular complexity index is 781. The maximum Gasteiger partial charge on any atom is 0.392 e. The summed E-state index contributed by atoms with van der Waals surface area (Å²) in [5, 5.41) is 8.81. The Morgan fingerprint density at radius 3 is 2.26 bits per heavy atom. The number of nitrogens with zero attached hydrogens (tertiary/aromatic N) is 1. The van der Waals surface area contributed by atoms with Crippen molar-refractivity contribution in [3.8, 4) is 0 Å². The van der Waals surface area contributed by atoms with Gasteiger partial charge in [0.25, 0.3) is 0 Å². The number of anilines is 1. The molecule has 0 aliphatic carbocycles. The number of hydrogen-bond acceptors (Lipinski definition) is 4. The molecule has 0 aromatic heterocycles. The first kappa shape index (κ1) is 21.1. The van der Waals surface area contributed by atoms with E-state index in [2.05, 4.69) is 0 Å². The van der Waals surface area contributed by atoms with E-state index >= 15 is 0 Å². The fourth-order valence-corrected chi connectivity index (χ4v) is 3.12. The van der Waals surface area contributed by atoms with E-state index in [0.29, 0.717) is 4.90 Å². The standard InChI is InChI=1S/C16H15ClF4N2O4/c1-6(14(22)15(26)27)8-4-11(10(18)5-9(8)17)23-12(24)2-7(3-13(23)25)16(19,20)21/h4-7,14H,2-3,22H2,1H3,(H,26,27). The minimum Gasteiger partial charge on any atom is -0.480 e. The molecule has 1 aliphatic heterocycles. The molecule has 1 aromatic carbocycles. The van der Waals surface area contributed by atoms with Gasteiger partial charge in [0.15, 0.2) is 0 Å². The highest BCUT2D eigenvalue weighted by atomic mass is 35.5. The minimum absolute atomic E-state index is 0.0431. The lowest BCUT2D eigenvalue weighted by atomic mass is 9.91. The number of carbonyl (C=O) groups is 3. The summed E-state index contributed by atoms with van der Waals surface area (Å²) in [7, 11) is 0. The number of halogens is 5. The summed E-state index contributed by atoms with van der Waals surface area (Å²) in [5.41, 5.74) is 4.98. The van der Waals surface area contributed by atoms with Gasteiger partial charge >= 0.3 is 12.1 Å². The monoisotopic (exact) mass is 410 g/mol. The summed E-state index contributed by atoms with van der Waals surface area (Å²) < 4.78 is 52.7. The number of aliphatic carboxylic acids is 1. The molecule has 27 heavy (non-hydrogen) atoms. The summed E-state index contributed by atoms with van der Waals surface area (Å²) in [5.74, 6) is -7.95. The van der Waals surface area contributed by atoms with Crippen molar-refractivity contribution in [2.24, 2.45) is 11.7 Å². The molecule has 1 fully saturated rings. The Kier molecular flexibility index (Phi) is 5.81. The minimum atomic E-state index is -4.73. The van der Waals surface area contributed by atoms with Crippen molar-refractivity contribution in [2.45, 2.75) is 37.9 Å². The zero-order valence-electron chi connectivity index (χ0n) is 13.9. The van der Waals surface area contributed by atoms with Crippen LogP contribution in [0, 0.1) is 11.7 Å². The van der Waals surface area contributed by atoms with Crippen LogP contribution in [0.4, 0.5) is 23.2 Å². The Morgan fingerprint density at radius 1 is 1.30 bits per heavy atom. The molecular formula is C16H15ClF4N2O4. The average molecular weight is 411 g/mol. The highest BCUT2D eigenvalue weighted by Crippen LogP contribution is 2.39. The molecule has 1 aromatic rings. The highest BCUT2D eigenvalue weighted by Gasteiger charge is 2.48. The summed E-state index contributed by atoms with van der Waals surface area (Å²) in [6.45, 7) is 1.39. The first-order valence-corrected chi connectivity index (χ1v) is 8.12. The van der Waals surface area contributed by atoms with E-state index in [1.54, 1.807) is 0 Å².